The Balaban J connectivity index is 3.45. The van der Waals surface area contributed by atoms with Crippen LogP contribution in [0.25, 0.3) is 0 Å². The summed E-state index contributed by atoms with van der Waals surface area (Å²) >= 11 is 0. The summed E-state index contributed by atoms with van der Waals surface area (Å²) < 4.78 is 0. The molecule has 0 aliphatic heterocycles. The van der Waals surface area contributed by atoms with E-state index in [4.69, 9.17) is 10.4 Å². The predicted octanol–water partition coefficient (Wildman–Crippen LogP) is 0.895. The topological polar surface area (TPSA) is 56.0 Å². The van der Waals surface area contributed by atoms with Crippen LogP contribution in [0.4, 0.5) is 0 Å². The molecule has 3 atom stereocenters. The Morgan fingerprint density at radius 3 is 2.42 bits per heavy atom. The highest BCUT2D eigenvalue weighted by Gasteiger charge is 2.06. The lowest BCUT2D eigenvalue weighted by atomic mass is 10.1. The van der Waals surface area contributed by atoms with Crippen molar-refractivity contribution in [2.24, 2.45) is 5.92 Å². The normalized spacial score (nSPS) is 17.9. The van der Waals surface area contributed by atoms with Crippen molar-refractivity contribution in [1.29, 1.82) is 5.26 Å². The second-order valence-electron chi connectivity index (χ2n) is 3.42. The molecular weight excluding hydrogens is 152 g/mol. The number of hydrogen-bond acceptors (Lipinski definition) is 3. The predicted molar refractivity (Wildman–Crippen MR) is 48.5 cm³/mol. The zero-order valence-corrected chi connectivity index (χ0v) is 8.04. The highest BCUT2D eigenvalue weighted by molar-refractivity contribution is 4.81. The van der Waals surface area contributed by atoms with Crippen molar-refractivity contribution >= 4 is 0 Å². The van der Waals surface area contributed by atoms with Crippen molar-refractivity contribution in [2.75, 3.05) is 6.54 Å². The molecule has 0 aromatic rings. The van der Waals surface area contributed by atoms with Gasteiger partial charge in [0.1, 0.15) is 0 Å². The molecule has 3 unspecified atom stereocenters. The van der Waals surface area contributed by atoms with Gasteiger partial charge < -0.3 is 10.4 Å². The van der Waals surface area contributed by atoms with Gasteiger partial charge in [0.2, 0.25) is 0 Å². The summed E-state index contributed by atoms with van der Waals surface area (Å²) in [6, 6.07) is 2.43. The number of aliphatic hydroxyl groups is 1. The van der Waals surface area contributed by atoms with Gasteiger partial charge in [0.15, 0.2) is 0 Å². The molecule has 0 rings (SSSR count). The maximum Gasteiger partial charge on any atom is 0.0666 e. The van der Waals surface area contributed by atoms with Gasteiger partial charge in [-0.15, -0.1) is 0 Å². The van der Waals surface area contributed by atoms with Crippen LogP contribution >= 0.6 is 0 Å². The lowest BCUT2D eigenvalue weighted by Crippen LogP contribution is -2.32. The molecule has 70 valence electrons. The molecule has 0 aliphatic carbocycles. The molecule has 3 heteroatoms. The highest BCUT2D eigenvalue weighted by atomic mass is 16.3. The van der Waals surface area contributed by atoms with Crippen molar-refractivity contribution in [3.05, 3.63) is 0 Å². The van der Waals surface area contributed by atoms with E-state index < -0.39 is 0 Å². The van der Waals surface area contributed by atoms with Gasteiger partial charge in [-0.05, 0) is 27.2 Å². The van der Waals surface area contributed by atoms with Crippen molar-refractivity contribution in [3.8, 4) is 6.07 Å². The molecule has 0 saturated carbocycles. The molecule has 0 aromatic heterocycles. The Labute approximate surface area is 74.4 Å². The summed E-state index contributed by atoms with van der Waals surface area (Å²) in [5, 5.41) is 20.7. The largest absolute Gasteiger partial charge is 0.393 e. The third-order valence-electron chi connectivity index (χ3n) is 1.69. The third kappa shape index (κ3) is 6.14. The smallest absolute Gasteiger partial charge is 0.0666 e. The van der Waals surface area contributed by atoms with E-state index in [1.807, 2.05) is 13.8 Å². The molecule has 12 heavy (non-hydrogen) atoms. The van der Waals surface area contributed by atoms with E-state index in [9.17, 15) is 0 Å². The minimum atomic E-state index is -0.273. The van der Waals surface area contributed by atoms with Crippen LogP contribution in [0.15, 0.2) is 0 Å². The molecular formula is C9H18N2O. The fraction of sp³-hybridized carbons (Fsp3) is 0.889. The zero-order valence-electron chi connectivity index (χ0n) is 8.04. The minimum absolute atomic E-state index is 0.0430. The monoisotopic (exact) mass is 170 g/mol. The summed E-state index contributed by atoms with van der Waals surface area (Å²) in [5.41, 5.74) is 0. The van der Waals surface area contributed by atoms with Crippen LogP contribution in [-0.2, 0) is 0 Å². The van der Waals surface area contributed by atoms with Crippen LogP contribution in [0.1, 0.15) is 27.2 Å². The van der Waals surface area contributed by atoms with Crippen molar-refractivity contribution < 1.29 is 5.11 Å². The van der Waals surface area contributed by atoms with Gasteiger partial charge in [0.05, 0.1) is 18.1 Å². The molecule has 0 bridgehead atoms. The SMILES string of the molecule is CC(O)CC(C)NCC(C)C#N. The highest BCUT2D eigenvalue weighted by Crippen LogP contribution is 1.97. The first-order valence-corrected chi connectivity index (χ1v) is 4.37. The van der Waals surface area contributed by atoms with E-state index in [0.717, 1.165) is 6.42 Å². The van der Waals surface area contributed by atoms with Crippen molar-refractivity contribution in [2.45, 2.75) is 39.3 Å². The lowest BCUT2D eigenvalue weighted by molar-refractivity contribution is 0.170. The molecule has 0 fully saturated rings. The van der Waals surface area contributed by atoms with Crippen LogP contribution in [-0.4, -0.2) is 23.8 Å². The lowest BCUT2D eigenvalue weighted by Gasteiger charge is -2.15. The first-order valence-electron chi connectivity index (χ1n) is 4.37. The van der Waals surface area contributed by atoms with Gasteiger partial charge in [0.25, 0.3) is 0 Å². The van der Waals surface area contributed by atoms with Gasteiger partial charge in [-0.2, -0.15) is 5.26 Å². The van der Waals surface area contributed by atoms with Crippen molar-refractivity contribution in [1.82, 2.24) is 5.32 Å². The zero-order chi connectivity index (χ0) is 9.56. The van der Waals surface area contributed by atoms with Crippen LogP contribution in [0.2, 0.25) is 0 Å². The van der Waals surface area contributed by atoms with Crippen LogP contribution in [0.5, 0.6) is 0 Å². The Morgan fingerprint density at radius 1 is 1.42 bits per heavy atom. The van der Waals surface area contributed by atoms with Crippen LogP contribution in [0.3, 0.4) is 0 Å². The Bertz CT molecular complexity index is 151. The first-order chi connectivity index (χ1) is 5.56. The standard InChI is InChI=1S/C9H18N2O/c1-7(5-10)6-11-8(2)4-9(3)12/h7-9,11-12H,4,6H2,1-3H3. The summed E-state index contributed by atoms with van der Waals surface area (Å²) in [6.45, 7) is 6.36. The van der Waals surface area contributed by atoms with Gasteiger partial charge in [-0.1, -0.05) is 0 Å². The number of aliphatic hydroxyl groups excluding tert-OH is 1. The molecule has 0 saturated heterocycles. The number of nitriles is 1. The number of rotatable bonds is 5. The fourth-order valence-corrected chi connectivity index (χ4v) is 1.02. The average molecular weight is 170 g/mol. The molecule has 3 nitrogen and oxygen atoms in total. The molecule has 0 radical (unpaired) electrons. The third-order valence-corrected chi connectivity index (χ3v) is 1.69. The van der Waals surface area contributed by atoms with Gasteiger partial charge in [-0.3, -0.25) is 0 Å². The molecule has 0 spiro atoms. The molecule has 0 aliphatic rings. The molecule has 0 aromatic carbocycles. The van der Waals surface area contributed by atoms with E-state index in [0.29, 0.717) is 6.54 Å². The maximum absolute atomic E-state index is 9.04. The van der Waals surface area contributed by atoms with E-state index >= 15 is 0 Å². The Kier molecular flexibility index (Phi) is 5.69. The number of hydrogen-bond donors (Lipinski definition) is 2. The quantitative estimate of drug-likeness (QED) is 0.644. The number of nitrogens with one attached hydrogen (secondary N) is 1. The number of nitrogens with zero attached hydrogens (tertiary/aromatic N) is 1. The molecule has 2 N–H and O–H groups in total. The average Bonchev–Trinajstić information content (AvgIpc) is 1.99. The summed E-state index contributed by atoms with van der Waals surface area (Å²) in [7, 11) is 0. The fourth-order valence-electron chi connectivity index (χ4n) is 1.02. The van der Waals surface area contributed by atoms with E-state index in [1.54, 1.807) is 6.92 Å². The van der Waals surface area contributed by atoms with E-state index in [2.05, 4.69) is 11.4 Å². The minimum Gasteiger partial charge on any atom is -0.393 e. The summed E-state index contributed by atoms with van der Waals surface area (Å²) in [6.07, 6.45) is 0.461. The first kappa shape index (κ1) is 11.4. The van der Waals surface area contributed by atoms with Gasteiger partial charge in [0, 0.05) is 12.6 Å². The van der Waals surface area contributed by atoms with Crippen LogP contribution < -0.4 is 5.32 Å². The van der Waals surface area contributed by atoms with Crippen molar-refractivity contribution in [3.63, 3.8) is 0 Å². The second kappa shape index (κ2) is 5.99. The maximum atomic E-state index is 9.04. The Hall–Kier alpha value is -0.590. The second-order valence-corrected chi connectivity index (χ2v) is 3.42. The van der Waals surface area contributed by atoms with E-state index in [1.165, 1.54) is 0 Å². The summed E-state index contributed by atoms with van der Waals surface area (Å²) in [4.78, 5) is 0. The Morgan fingerprint density at radius 2 is 2.00 bits per heavy atom. The van der Waals surface area contributed by atoms with Gasteiger partial charge in [-0.25, -0.2) is 0 Å². The van der Waals surface area contributed by atoms with E-state index in [-0.39, 0.29) is 18.1 Å². The molecule has 0 amide bonds. The summed E-state index contributed by atoms with van der Waals surface area (Å²) in [5.74, 6) is 0.0430. The van der Waals surface area contributed by atoms with Gasteiger partial charge >= 0.3 is 0 Å². The molecule has 0 heterocycles. The van der Waals surface area contributed by atoms with Crippen LogP contribution in [0, 0.1) is 17.2 Å².